The number of aromatic nitrogens is 3. The number of nitrogens with zero attached hydrogens (tertiary/aromatic N) is 3. The molecule has 1 heterocycles. The summed E-state index contributed by atoms with van der Waals surface area (Å²) in [5, 5.41) is 7.59. The monoisotopic (exact) mass is 246 g/mol. The number of hydrogen-bond acceptors (Lipinski definition) is 5. The molecule has 0 saturated heterocycles. The maximum absolute atomic E-state index is 11.9. The molecule has 0 unspecified atom stereocenters. The summed E-state index contributed by atoms with van der Waals surface area (Å²) in [5.74, 6) is -0.412. The van der Waals surface area contributed by atoms with Crippen LogP contribution < -0.4 is 5.73 Å². The van der Waals surface area contributed by atoms with Crippen molar-refractivity contribution >= 4 is 11.7 Å². The molecule has 0 saturated carbocycles. The molecule has 6 heteroatoms. The molecule has 2 aromatic rings. The number of benzene rings is 1. The van der Waals surface area contributed by atoms with Gasteiger partial charge >= 0.3 is 5.97 Å². The highest BCUT2D eigenvalue weighted by Gasteiger charge is 2.12. The van der Waals surface area contributed by atoms with E-state index in [-0.39, 0.29) is 6.61 Å². The second-order valence-corrected chi connectivity index (χ2v) is 3.98. The number of ether oxygens (including phenoxy) is 1. The van der Waals surface area contributed by atoms with Gasteiger partial charge < -0.3 is 10.5 Å². The van der Waals surface area contributed by atoms with Crippen molar-refractivity contribution in [3.63, 3.8) is 0 Å². The number of anilines is 1. The molecule has 0 aliphatic rings. The second kappa shape index (κ2) is 4.87. The zero-order valence-electron chi connectivity index (χ0n) is 10.3. The normalized spacial score (nSPS) is 10.3. The predicted molar refractivity (Wildman–Crippen MR) is 65.7 cm³/mol. The molecule has 0 bridgehead atoms. The van der Waals surface area contributed by atoms with Gasteiger partial charge in [-0.15, -0.1) is 5.10 Å². The Hall–Kier alpha value is -2.37. The van der Waals surface area contributed by atoms with E-state index >= 15 is 0 Å². The van der Waals surface area contributed by atoms with E-state index in [1.165, 1.54) is 0 Å². The summed E-state index contributed by atoms with van der Waals surface area (Å²) in [6.45, 7) is 1.88. The first-order chi connectivity index (χ1) is 8.58. The molecular weight excluding hydrogens is 232 g/mol. The summed E-state index contributed by atoms with van der Waals surface area (Å²) >= 11 is 0. The molecule has 0 amide bonds. The zero-order chi connectivity index (χ0) is 13.1. The first-order valence-electron chi connectivity index (χ1n) is 5.45. The van der Waals surface area contributed by atoms with E-state index < -0.39 is 5.97 Å². The van der Waals surface area contributed by atoms with Crippen LogP contribution >= 0.6 is 0 Å². The van der Waals surface area contributed by atoms with Crippen molar-refractivity contribution in [1.82, 2.24) is 15.0 Å². The van der Waals surface area contributed by atoms with E-state index in [2.05, 4.69) is 10.3 Å². The van der Waals surface area contributed by atoms with Crippen molar-refractivity contribution < 1.29 is 9.53 Å². The maximum atomic E-state index is 11.9. The van der Waals surface area contributed by atoms with Gasteiger partial charge in [-0.05, 0) is 24.6 Å². The lowest BCUT2D eigenvalue weighted by Gasteiger charge is -2.07. The fourth-order valence-electron chi connectivity index (χ4n) is 1.55. The molecule has 18 heavy (non-hydrogen) atoms. The van der Waals surface area contributed by atoms with E-state index in [1.54, 1.807) is 43.0 Å². The van der Waals surface area contributed by atoms with Crippen LogP contribution in [0, 0.1) is 6.92 Å². The summed E-state index contributed by atoms with van der Waals surface area (Å²) in [4.78, 5) is 11.9. The Kier molecular flexibility index (Phi) is 3.27. The number of nitrogen functional groups attached to an aromatic ring is 1. The first-order valence-corrected chi connectivity index (χ1v) is 5.45. The minimum absolute atomic E-state index is 0.0981. The SMILES string of the molecule is Cc1c(N)cccc1C(=O)OCc1cn(C)nn1. The number of esters is 1. The highest BCUT2D eigenvalue weighted by atomic mass is 16.5. The highest BCUT2D eigenvalue weighted by molar-refractivity contribution is 5.92. The molecule has 6 nitrogen and oxygen atoms in total. The fraction of sp³-hybridized carbons (Fsp3) is 0.250. The van der Waals surface area contributed by atoms with Gasteiger partial charge in [0.2, 0.25) is 0 Å². The molecule has 0 radical (unpaired) electrons. The predicted octanol–water partition coefficient (Wildman–Crippen LogP) is 1.06. The van der Waals surface area contributed by atoms with Crippen LogP contribution in [0.1, 0.15) is 21.6 Å². The Labute approximate surface area is 104 Å². The molecule has 0 aliphatic heterocycles. The summed E-state index contributed by atoms with van der Waals surface area (Å²) in [6.07, 6.45) is 1.69. The number of hydrogen-bond donors (Lipinski definition) is 1. The number of carbonyl (C=O) groups excluding carboxylic acids is 1. The smallest absolute Gasteiger partial charge is 0.338 e. The van der Waals surface area contributed by atoms with Gasteiger partial charge in [-0.2, -0.15) is 0 Å². The lowest BCUT2D eigenvalue weighted by Crippen LogP contribution is -2.08. The van der Waals surface area contributed by atoms with Crippen molar-refractivity contribution in [3.05, 3.63) is 41.2 Å². The van der Waals surface area contributed by atoms with Gasteiger partial charge in [-0.1, -0.05) is 11.3 Å². The zero-order valence-corrected chi connectivity index (χ0v) is 10.3. The van der Waals surface area contributed by atoms with Gasteiger partial charge in [0.15, 0.2) is 0 Å². The Morgan fingerprint density at radius 2 is 2.28 bits per heavy atom. The maximum Gasteiger partial charge on any atom is 0.338 e. The van der Waals surface area contributed by atoms with Crippen molar-refractivity contribution in [2.45, 2.75) is 13.5 Å². The number of carbonyl (C=O) groups is 1. The van der Waals surface area contributed by atoms with Crippen LogP contribution in [0.2, 0.25) is 0 Å². The van der Waals surface area contributed by atoms with Crippen LogP contribution in [0.15, 0.2) is 24.4 Å². The summed E-state index contributed by atoms with van der Waals surface area (Å²) in [7, 11) is 1.75. The molecule has 0 atom stereocenters. The third kappa shape index (κ3) is 2.48. The first kappa shape index (κ1) is 12.1. The van der Waals surface area contributed by atoms with Crippen LogP contribution in [0.25, 0.3) is 0 Å². The van der Waals surface area contributed by atoms with Gasteiger partial charge in [0.25, 0.3) is 0 Å². The third-order valence-corrected chi connectivity index (χ3v) is 2.60. The van der Waals surface area contributed by atoms with Crippen molar-refractivity contribution in [3.8, 4) is 0 Å². The molecule has 0 aliphatic carbocycles. The second-order valence-electron chi connectivity index (χ2n) is 3.98. The van der Waals surface area contributed by atoms with E-state index in [0.29, 0.717) is 16.9 Å². The quantitative estimate of drug-likeness (QED) is 0.646. The van der Waals surface area contributed by atoms with E-state index in [0.717, 1.165) is 5.56 Å². The average molecular weight is 246 g/mol. The lowest BCUT2D eigenvalue weighted by atomic mass is 10.1. The van der Waals surface area contributed by atoms with Crippen molar-refractivity contribution in [2.24, 2.45) is 7.05 Å². The van der Waals surface area contributed by atoms with Crippen LogP contribution in [0.5, 0.6) is 0 Å². The van der Waals surface area contributed by atoms with Gasteiger partial charge in [-0.25, -0.2) is 4.79 Å². The number of rotatable bonds is 3. The number of nitrogens with two attached hydrogens (primary N) is 1. The van der Waals surface area contributed by atoms with Crippen LogP contribution in [-0.4, -0.2) is 21.0 Å². The van der Waals surface area contributed by atoms with Crippen molar-refractivity contribution in [1.29, 1.82) is 0 Å². The Morgan fingerprint density at radius 1 is 1.50 bits per heavy atom. The number of aryl methyl sites for hydroxylation is 1. The highest BCUT2D eigenvalue weighted by Crippen LogP contribution is 2.16. The molecule has 0 fully saturated rings. The molecule has 1 aromatic heterocycles. The van der Waals surface area contributed by atoms with Crippen molar-refractivity contribution in [2.75, 3.05) is 5.73 Å². The summed E-state index contributed by atoms with van der Waals surface area (Å²) < 4.78 is 6.70. The average Bonchev–Trinajstić information content (AvgIpc) is 2.76. The minimum atomic E-state index is -0.412. The molecular formula is C12H14N4O2. The van der Waals surface area contributed by atoms with Gasteiger partial charge in [0.05, 0.1) is 11.8 Å². The summed E-state index contributed by atoms with van der Waals surface area (Å²) in [6, 6.07) is 5.15. The van der Waals surface area contributed by atoms with E-state index in [1.807, 2.05) is 0 Å². The van der Waals surface area contributed by atoms with Crippen LogP contribution in [0.3, 0.4) is 0 Å². The van der Waals surface area contributed by atoms with Gasteiger partial charge in [-0.3, -0.25) is 4.68 Å². The van der Waals surface area contributed by atoms with E-state index in [4.69, 9.17) is 10.5 Å². The molecule has 94 valence electrons. The molecule has 0 spiro atoms. The lowest BCUT2D eigenvalue weighted by molar-refractivity contribution is 0.0467. The third-order valence-electron chi connectivity index (χ3n) is 2.60. The molecule has 2 rings (SSSR count). The largest absolute Gasteiger partial charge is 0.455 e. The Bertz CT molecular complexity index is 577. The Balaban J connectivity index is 2.06. The van der Waals surface area contributed by atoms with Crippen LogP contribution in [-0.2, 0) is 18.4 Å². The molecule has 2 N–H and O–H groups in total. The standard InChI is InChI=1S/C12H14N4O2/c1-8-10(4-3-5-11(8)13)12(17)18-7-9-6-16(2)15-14-9/h3-6H,7,13H2,1-2H3. The minimum Gasteiger partial charge on any atom is -0.455 e. The van der Waals surface area contributed by atoms with Crippen LogP contribution in [0.4, 0.5) is 5.69 Å². The topological polar surface area (TPSA) is 83.0 Å². The Morgan fingerprint density at radius 3 is 2.94 bits per heavy atom. The molecule has 1 aromatic carbocycles. The van der Waals surface area contributed by atoms with Gasteiger partial charge in [0, 0.05) is 12.7 Å². The van der Waals surface area contributed by atoms with E-state index in [9.17, 15) is 4.79 Å². The van der Waals surface area contributed by atoms with Gasteiger partial charge in [0.1, 0.15) is 12.3 Å². The fourth-order valence-corrected chi connectivity index (χ4v) is 1.55. The summed E-state index contributed by atoms with van der Waals surface area (Å²) in [5.41, 5.74) is 8.11.